The van der Waals surface area contributed by atoms with E-state index in [2.05, 4.69) is 17.5 Å². The molecular weight excluding hydrogens is 549 g/mol. The first-order valence-electron chi connectivity index (χ1n) is 12.8. The Morgan fingerprint density at radius 2 is 1.77 bits per heavy atom. The number of halogens is 2. The monoisotopic (exact) mass is 579 g/mol. The third-order valence-corrected chi connectivity index (χ3v) is 9.17. The quantitative estimate of drug-likeness (QED) is 0.243. The number of hydrogen-bond acceptors (Lipinski definition) is 5. The van der Waals surface area contributed by atoms with Crippen LogP contribution in [0.5, 0.6) is 5.75 Å². The topological polar surface area (TPSA) is 65.4 Å². The first-order chi connectivity index (χ1) is 18.5. The van der Waals surface area contributed by atoms with Crippen LogP contribution in [0.3, 0.4) is 0 Å². The molecule has 8 heteroatoms. The van der Waals surface area contributed by atoms with Gasteiger partial charge in [-0.25, -0.2) is 0 Å². The Kier molecular flexibility index (Phi) is 9.53. The average molecular weight is 581 g/mol. The molecule has 5 nitrogen and oxygen atoms in total. The van der Waals surface area contributed by atoms with E-state index in [-0.39, 0.29) is 24.4 Å². The van der Waals surface area contributed by atoms with Gasteiger partial charge in [0.25, 0.3) is 5.91 Å². The maximum Gasteiger partial charge on any atom is 0.266 e. The number of nitrogens with one attached hydrogen (secondary N) is 1. The molecule has 0 radical (unpaired) electrons. The first-order valence-corrected chi connectivity index (χ1v) is 14.0. The smallest absolute Gasteiger partial charge is 0.266 e. The molecule has 1 saturated carbocycles. The Hall–Kier alpha value is -3.08. The highest BCUT2D eigenvalue weighted by Crippen LogP contribution is 2.38. The van der Waals surface area contributed by atoms with Gasteiger partial charge in [-0.2, -0.15) is 5.26 Å². The molecule has 1 N–H and O–H groups in total. The standard InChI is InChI=1S/C31H30ClN3O2S.ClH/c1-34-24-12-14-25(15-13-24)35(31(36)30-29(32)26-5-3-4-6-28(26)38-30)19-23-17-22(11-16-27(23)37-2)21-9-7-20(18-33)8-10-21;/h3-11,16-17,24-25,34H,12-15,19H2,1-2H3;1H. The molecule has 0 aliphatic heterocycles. The van der Waals surface area contributed by atoms with Gasteiger partial charge in [-0.3, -0.25) is 4.79 Å². The van der Waals surface area contributed by atoms with Crippen LogP contribution in [0.25, 0.3) is 21.2 Å². The van der Waals surface area contributed by atoms with Crippen LogP contribution in [0, 0.1) is 11.3 Å². The molecule has 0 spiro atoms. The minimum atomic E-state index is -0.0325. The van der Waals surface area contributed by atoms with Crippen LogP contribution >= 0.6 is 35.3 Å². The average Bonchev–Trinajstić information content (AvgIpc) is 3.32. The number of thiophene rings is 1. The normalized spacial score (nSPS) is 16.8. The molecule has 0 unspecified atom stereocenters. The zero-order chi connectivity index (χ0) is 26.6. The summed E-state index contributed by atoms with van der Waals surface area (Å²) in [6.07, 6.45) is 3.90. The van der Waals surface area contributed by atoms with E-state index in [1.165, 1.54) is 11.3 Å². The summed E-state index contributed by atoms with van der Waals surface area (Å²) in [5.74, 6) is 0.710. The number of carbonyl (C=O) groups excluding carboxylic acids is 1. The molecule has 0 saturated heterocycles. The number of methoxy groups -OCH3 is 1. The molecule has 5 rings (SSSR count). The van der Waals surface area contributed by atoms with E-state index < -0.39 is 0 Å². The molecular formula is C31H31Cl2N3O2S. The summed E-state index contributed by atoms with van der Waals surface area (Å²) in [6, 6.07) is 24.2. The van der Waals surface area contributed by atoms with Gasteiger partial charge in [0.2, 0.25) is 0 Å². The van der Waals surface area contributed by atoms with Crippen LogP contribution in [0.2, 0.25) is 5.02 Å². The molecule has 1 heterocycles. The molecule has 3 aromatic carbocycles. The fraction of sp³-hybridized carbons (Fsp3) is 0.290. The lowest BCUT2D eigenvalue weighted by Gasteiger charge is -2.37. The van der Waals surface area contributed by atoms with Gasteiger partial charge in [-0.15, -0.1) is 23.7 Å². The van der Waals surface area contributed by atoms with Crippen molar-refractivity contribution in [2.24, 2.45) is 0 Å². The summed E-state index contributed by atoms with van der Waals surface area (Å²) in [6.45, 7) is 0.422. The number of nitriles is 1. The molecule has 1 amide bonds. The van der Waals surface area contributed by atoms with Gasteiger partial charge >= 0.3 is 0 Å². The Labute approximate surface area is 244 Å². The van der Waals surface area contributed by atoms with Crippen molar-refractivity contribution in [1.29, 1.82) is 5.26 Å². The van der Waals surface area contributed by atoms with Gasteiger partial charge in [0.05, 0.1) is 23.8 Å². The minimum Gasteiger partial charge on any atom is -0.496 e. The number of rotatable bonds is 7. The molecule has 0 atom stereocenters. The number of ether oxygens (including phenoxy) is 1. The highest BCUT2D eigenvalue weighted by Gasteiger charge is 2.32. The Morgan fingerprint density at radius 3 is 2.41 bits per heavy atom. The number of benzene rings is 3. The second-order valence-electron chi connectivity index (χ2n) is 9.68. The van der Waals surface area contributed by atoms with Crippen molar-refractivity contribution < 1.29 is 9.53 Å². The predicted molar refractivity (Wildman–Crippen MR) is 162 cm³/mol. The second kappa shape index (κ2) is 12.8. The maximum absolute atomic E-state index is 14.2. The number of amides is 1. The molecule has 39 heavy (non-hydrogen) atoms. The van der Waals surface area contributed by atoms with E-state index in [1.807, 2.05) is 72.6 Å². The summed E-state index contributed by atoms with van der Waals surface area (Å²) in [5, 5.41) is 14.0. The Bertz CT molecular complexity index is 1490. The predicted octanol–water partition coefficient (Wildman–Crippen LogP) is 7.70. The van der Waals surface area contributed by atoms with Crippen molar-refractivity contribution in [1.82, 2.24) is 10.2 Å². The SMILES string of the molecule is CNC1CCC(N(Cc2cc(-c3ccc(C#N)cc3)ccc2OC)C(=O)c2sc3ccccc3c2Cl)CC1.Cl. The fourth-order valence-corrected chi connectivity index (χ4v) is 6.80. The molecule has 4 aromatic rings. The van der Waals surface area contributed by atoms with Gasteiger partial charge in [-0.1, -0.05) is 48.0 Å². The minimum absolute atomic E-state index is 0. The van der Waals surface area contributed by atoms with Gasteiger partial charge in [-0.05, 0) is 74.2 Å². The summed E-state index contributed by atoms with van der Waals surface area (Å²) in [7, 11) is 3.66. The van der Waals surface area contributed by atoms with Gasteiger partial charge in [0, 0.05) is 34.3 Å². The molecule has 1 aliphatic rings. The van der Waals surface area contributed by atoms with Crippen LogP contribution in [-0.2, 0) is 6.54 Å². The third kappa shape index (κ3) is 6.08. The van der Waals surface area contributed by atoms with Crippen LogP contribution < -0.4 is 10.1 Å². The van der Waals surface area contributed by atoms with Crippen LogP contribution in [0.1, 0.15) is 46.5 Å². The largest absolute Gasteiger partial charge is 0.496 e. The van der Waals surface area contributed by atoms with Crippen molar-refractivity contribution in [3.63, 3.8) is 0 Å². The van der Waals surface area contributed by atoms with Crippen molar-refractivity contribution in [2.45, 2.75) is 44.3 Å². The lowest BCUT2D eigenvalue weighted by molar-refractivity contribution is 0.0604. The Morgan fingerprint density at radius 1 is 1.08 bits per heavy atom. The van der Waals surface area contributed by atoms with Crippen LogP contribution in [0.15, 0.2) is 66.7 Å². The highest BCUT2D eigenvalue weighted by atomic mass is 35.5. The lowest BCUT2D eigenvalue weighted by atomic mass is 9.89. The van der Waals surface area contributed by atoms with E-state index >= 15 is 0 Å². The van der Waals surface area contributed by atoms with Gasteiger partial charge < -0.3 is 15.0 Å². The summed E-state index contributed by atoms with van der Waals surface area (Å²) < 4.78 is 6.75. The number of nitrogens with zero attached hydrogens (tertiary/aromatic N) is 2. The van der Waals surface area contributed by atoms with E-state index in [4.69, 9.17) is 21.6 Å². The molecule has 202 valence electrons. The number of fused-ring (bicyclic) bond motifs is 1. The molecule has 0 bridgehead atoms. The maximum atomic E-state index is 14.2. The zero-order valence-electron chi connectivity index (χ0n) is 21.9. The van der Waals surface area contributed by atoms with E-state index in [1.54, 1.807) is 7.11 Å². The van der Waals surface area contributed by atoms with Crippen molar-refractivity contribution >= 4 is 51.3 Å². The molecule has 1 fully saturated rings. The summed E-state index contributed by atoms with van der Waals surface area (Å²) in [4.78, 5) is 16.8. The van der Waals surface area contributed by atoms with Gasteiger partial charge in [0.1, 0.15) is 10.6 Å². The second-order valence-corrected chi connectivity index (χ2v) is 11.1. The van der Waals surface area contributed by atoms with E-state index in [9.17, 15) is 4.79 Å². The van der Waals surface area contributed by atoms with Crippen LogP contribution in [0.4, 0.5) is 0 Å². The number of carbonyl (C=O) groups is 1. The third-order valence-electron chi connectivity index (χ3n) is 7.50. The Balaban J connectivity index is 0.00000353. The van der Waals surface area contributed by atoms with E-state index in [0.717, 1.165) is 58.2 Å². The lowest BCUT2D eigenvalue weighted by Crippen LogP contribution is -2.44. The molecule has 1 aromatic heterocycles. The highest BCUT2D eigenvalue weighted by molar-refractivity contribution is 7.21. The summed E-state index contributed by atoms with van der Waals surface area (Å²) in [5.41, 5.74) is 3.58. The first kappa shape index (κ1) is 28.9. The summed E-state index contributed by atoms with van der Waals surface area (Å²) >= 11 is 8.24. The zero-order valence-corrected chi connectivity index (χ0v) is 24.3. The van der Waals surface area contributed by atoms with Crippen LogP contribution in [-0.4, -0.2) is 37.0 Å². The molecule has 1 aliphatic carbocycles. The van der Waals surface area contributed by atoms with Gasteiger partial charge in [0.15, 0.2) is 0 Å². The van der Waals surface area contributed by atoms with Crippen molar-refractivity contribution in [3.8, 4) is 22.9 Å². The number of hydrogen-bond donors (Lipinski definition) is 1. The van der Waals surface area contributed by atoms with Crippen molar-refractivity contribution in [2.75, 3.05) is 14.2 Å². The van der Waals surface area contributed by atoms with E-state index in [0.29, 0.717) is 28.0 Å². The fourth-order valence-electron chi connectivity index (χ4n) is 5.33. The van der Waals surface area contributed by atoms with Crippen molar-refractivity contribution in [3.05, 3.63) is 87.8 Å².